The first-order valence-corrected chi connectivity index (χ1v) is 8.21. The number of ether oxygens (including phenoxy) is 1. The third kappa shape index (κ3) is 3.05. The summed E-state index contributed by atoms with van der Waals surface area (Å²) < 4.78 is 5.23. The minimum Gasteiger partial charge on any atom is -0.461 e. The third-order valence-corrected chi connectivity index (χ3v) is 4.78. The summed E-state index contributed by atoms with van der Waals surface area (Å²) >= 11 is 0. The Balaban J connectivity index is 2.16. The lowest BCUT2D eigenvalue weighted by molar-refractivity contribution is -0.158. The number of aromatic nitrogens is 2. The van der Waals surface area contributed by atoms with Gasteiger partial charge in [0.2, 0.25) is 0 Å². The molecule has 0 bridgehead atoms. The van der Waals surface area contributed by atoms with Crippen LogP contribution in [0.3, 0.4) is 0 Å². The predicted octanol–water partition coefficient (Wildman–Crippen LogP) is 1.80. The maximum absolute atomic E-state index is 12.7. The first-order chi connectivity index (χ1) is 11.8. The molecule has 0 spiro atoms. The van der Waals surface area contributed by atoms with Crippen LogP contribution >= 0.6 is 0 Å². The van der Waals surface area contributed by atoms with Gasteiger partial charge in [0.05, 0.1) is 11.5 Å². The van der Waals surface area contributed by atoms with Crippen molar-refractivity contribution in [3.05, 3.63) is 69.7 Å². The fourth-order valence-corrected chi connectivity index (χ4v) is 3.62. The average Bonchev–Trinajstić information content (AvgIpc) is 2.91. The highest BCUT2D eigenvalue weighted by Gasteiger charge is 2.51. The Hall–Kier alpha value is -2.60. The number of aromatic amines is 2. The molecule has 6 nitrogen and oxygen atoms in total. The number of aryl methyl sites for hydroxylation is 1. The molecular formula is C19H22N2O4. The molecular weight excluding hydrogens is 320 g/mol. The molecule has 1 aliphatic rings. The van der Waals surface area contributed by atoms with Gasteiger partial charge in [-0.25, -0.2) is 0 Å². The maximum atomic E-state index is 12.7. The fourth-order valence-electron chi connectivity index (χ4n) is 3.62. The summed E-state index contributed by atoms with van der Waals surface area (Å²) in [6, 6.07) is 7.60. The monoisotopic (exact) mass is 342 g/mol. The van der Waals surface area contributed by atoms with Gasteiger partial charge >= 0.3 is 5.97 Å². The number of hydrogen-bond acceptors (Lipinski definition) is 4. The van der Waals surface area contributed by atoms with Gasteiger partial charge in [-0.1, -0.05) is 42.5 Å². The quantitative estimate of drug-likeness (QED) is 0.583. The second-order valence-electron chi connectivity index (χ2n) is 6.79. The first-order valence-electron chi connectivity index (χ1n) is 8.21. The molecule has 0 unspecified atom stereocenters. The van der Waals surface area contributed by atoms with Crippen molar-refractivity contribution in [1.29, 1.82) is 0 Å². The van der Waals surface area contributed by atoms with Crippen LogP contribution in [-0.2, 0) is 16.0 Å². The van der Waals surface area contributed by atoms with E-state index in [1.807, 2.05) is 31.2 Å². The first kappa shape index (κ1) is 17.2. The molecule has 0 fully saturated rings. The lowest BCUT2D eigenvalue weighted by Gasteiger charge is -2.40. The number of esters is 1. The molecule has 3 rings (SSSR count). The topological polar surface area (TPSA) is 95.2 Å². The van der Waals surface area contributed by atoms with Crippen LogP contribution in [0.1, 0.15) is 35.2 Å². The molecule has 132 valence electrons. The number of fused-ring (bicyclic) bond motifs is 1. The summed E-state index contributed by atoms with van der Waals surface area (Å²) in [6.07, 6.45) is 1.64. The van der Waals surface area contributed by atoms with Gasteiger partial charge in [-0.15, -0.1) is 0 Å². The summed E-state index contributed by atoms with van der Waals surface area (Å²) in [4.78, 5) is 25.1. The van der Waals surface area contributed by atoms with Gasteiger partial charge in [0, 0.05) is 23.6 Å². The molecule has 3 atom stereocenters. The van der Waals surface area contributed by atoms with Crippen molar-refractivity contribution < 1.29 is 14.6 Å². The molecule has 1 aromatic carbocycles. The van der Waals surface area contributed by atoms with E-state index in [0.29, 0.717) is 11.3 Å². The van der Waals surface area contributed by atoms with Gasteiger partial charge in [0.15, 0.2) is 0 Å². The van der Waals surface area contributed by atoms with Crippen LogP contribution in [0.2, 0.25) is 0 Å². The Kier molecular flexibility index (Phi) is 4.39. The number of carbonyl (C=O) groups excluding carboxylic acids is 1. The highest BCUT2D eigenvalue weighted by Crippen LogP contribution is 2.44. The van der Waals surface area contributed by atoms with Crippen molar-refractivity contribution in [1.82, 2.24) is 10.2 Å². The van der Waals surface area contributed by atoms with E-state index in [4.69, 9.17) is 4.74 Å². The Bertz CT molecular complexity index is 845. The van der Waals surface area contributed by atoms with Crippen molar-refractivity contribution in [2.75, 3.05) is 6.61 Å². The number of nitrogens with one attached hydrogen (secondary N) is 2. The van der Waals surface area contributed by atoms with Gasteiger partial charge in [-0.05, 0) is 19.4 Å². The lowest BCUT2D eigenvalue weighted by atomic mass is 9.66. The number of H-pyrrole nitrogens is 2. The summed E-state index contributed by atoms with van der Waals surface area (Å²) in [5.74, 6) is -2.02. The smallest absolute Gasteiger partial charge is 0.313 e. The molecule has 0 radical (unpaired) electrons. The van der Waals surface area contributed by atoms with E-state index >= 15 is 0 Å². The van der Waals surface area contributed by atoms with E-state index in [9.17, 15) is 14.7 Å². The number of aliphatic hydroxyl groups is 1. The van der Waals surface area contributed by atoms with Crippen LogP contribution in [0.5, 0.6) is 0 Å². The van der Waals surface area contributed by atoms with Crippen molar-refractivity contribution in [3.8, 4) is 0 Å². The Labute approximate surface area is 145 Å². The van der Waals surface area contributed by atoms with E-state index in [-0.39, 0.29) is 18.6 Å². The fraction of sp³-hybridized carbons (Fsp3) is 0.368. The van der Waals surface area contributed by atoms with E-state index in [1.54, 1.807) is 6.92 Å². The zero-order valence-corrected chi connectivity index (χ0v) is 14.3. The van der Waals surface area contributed by atoms with E-state index in [1.165, 1.54) is 6.08 Å². The highest BCUT2D eigenvalue weighted by molar-refractivity contribution is 5.77. The second kappa shape index (κ2) is 6.37. The summed E-state index contributed by atoms with van der Waals surface area (Å²) in [5, 5.41) is 16.4. The minimum absolute atomic E-state index is 0.0579. The zero-order chi connectivity index (χ0) is 18.2. The van der Waals surface area contributed by atoms with Crippen LogP contribution in [0.15, 0.2) is 41.7 Å². The molecule has 6 heteroatoms. The third-order valence-electron chi connectivity index (χ3n) is 4.78. The summed E-state index contributed by atoms with van der Waals surface area (Å²) in [6.45, 7) is 7.16. The molecule has 2 aromatic rings. The molecule has 0 saturated heterocycles. The largest absolute Gasteiger partial charge is 0.461 e. The van der Waals surface area contributed by atoms with Gasteiger partial charge in [0.25, 0.3) is 5.56 Å². The van der Waals surface area contributed by atoms with Gasteiger partial charge in [-0.3, -0.25) is 14.7 Å². The van der Waals surface area contributed by atoms with Crippen molar-refractivity contribution in [2.45, 2.75) is 31.8 Å². The number of carbonyl (C=O) groups is 1. The Morgan fingerprint density at radius 1 is 1.40 bits per heavy atom. The van der Waals surface area contributed by atoms with E-state index in [0.717, 1.165) is 11.1 Å². The number of benzene rings is 1. The van der Waals surface area contributed by atoms with Crippen molar-refractivity contribution >= 4 is 5.97 Å². The summed E-state index contributed by atoms with van der Waals surface area (Å²) in [5.41, 5.74) is 1.33. The molecule has 25 heavy (non-hydrogen) atoms. The van der Waals surface area contributed by atoms with Crippen LogP contribution in [-0.4, -0.2) is 33.5 Å². The Morgan fingerprint density at radius 3 is 2.72 bits per heavy atom. The molecule has 0 saturated carbocycles. The highest BCUT2D eigenvalue weighted by atomic mass is 16.5. The SMILES string of the molecule is C=CCOC(=O)[C@@H]1[C@@H](c2ccc(C)cc2)c2c([nH][nH]c2=O)C[C@@]1(C)O. The molecule has 1 aromatic heterocycles. The summed E-state index contributed by atoms with van der Waals surface area (Å²) in [7, 11) is 0. The van der Waals surface area contributed by atoms with Crippen LogP contribution < -0.4 is 5.56 Å². The van der Waals surface area contributed by atoms with Crippen molar-refractivity contribution in [2.24, 2.45) is 5.92 Å². The predicted molar refractivity (Wildman–Crippen MR) is 93.4 cm³/mol. The molecule has 1 aliphatic carbocycles. The minimum atomic E-state index is -1.36. The molecule has 0 amide bonds. The zero-order valence-electron chi connectivity index (χ0n) is 14.3. The van der Waals surface area contributed by atoms with Gasteiger partial charge in [0.1, 0.15) is 6.61 Å². The van der Waals surface area contributed by atoms with Gasteiger partial charge < -0.3 is 14.9 Å². The standard InChI is InChI=1S/C19H22N2O4/c1-4-9-25-18(23)16-14(12-7-5-11(2)6-8-12)15-13(10-19(16,3)24)20-21-17(15)22/h4-8,14,16,24H,1,9-10H2,2-3H3,(H2,20,21,22)/t14-,16-,19+/m0/s1. The average molecular weight is 342 g/mol. The van der Waals surface area contributed by atoms with Gasteiger partial charge in [-0.2, -0.15) is 0 Å². The van der Waals surface area contributed by atoms with Crippen LogP contribution in [0.4, 0.5) is 0 Å². The molecule has 3 N–H and O–H groups in total. The van der Waals surface area contributed by atoms with Crippen LogP contribution in [0, 0.1) is 12.8 Å². The normalized spacial score (nSPS) is 25.2. The second-order valence-corrected chi connectivity index (χ2v) is 6.79. The van der Waals surface area contributed by atoms with Crippen molar-refractivity contribution in [3.63, 3.8) is 0 Å². The number of hydrogen-bond donors (Lipinski definition) is 3. The van der Waals surface area contributed by atoms with Crippen LogP contribution in [0.25, 0.3) is 0 Å². The number of rotatable bonds is 4. The van der Waals surface area contributed by atoms with E-state index in [2.05, 4.69) is 16.8 Å². The van der Waals surface area contributed by atoms with E-state index < -0.39 is 23.4 Å². The Morgan fingerprint density at radius 2 is 2.08 bits per heavy atom. The maximum Gasteiger partial charge on any atom is 0.313 e. The lowest BCUT2D eigenvalue weighted by Crippen LogP contribution is -2.50. The molecule has 0 aliphatic heterocycles. The molecule has 1 heterocycles.